The second-order valence-corrected chi connectivity index (χ2v) is 6.61. The number of hydrogen-bond donors (Lipinski definition) is 1. The maximum atomic E-state index is 9.86. The van der Waals surface area contributed by atoms with Crippen LogP contribution in [0, 0.1) is 0 Å². The molecule has 0 spiro atoms. The first-order valence-electron chi connectivity index (χ1n) is 8.30. The van der Waals surface area contributed by atoms with Crippen LogP contribution in [-0.4, -0.2) is 72.4 Å². The summed E-state index contributed by atoms with van der Waals surface area (Å²) >= 11 is 0. The lowest BCUT2D eigenvalue weighted by molar-refractivity contribution is 0.0398. The average Bonchev–Trinajstić information content (AvgIpc) is 2.55. The lowest BCUT2D eigenvalue weighted by atomic mass is 9.99. The quantitative estimate of drug-likeness (QED) is 0.898. The van der Waals surface area contributed by atoms with Gasteiger partial charge in [0.2, 0.25) is 0 Å². The molecule has 1 atom stereocenters. The van der Waals surface area contributed by atoms with Crippen LogP contribution in [0.15, 0.2) is 12.4 Å². The topological polar surface area (TPSA) is 55.7 Å². The van der Waals surface area contributed by atoms with Gasteiger partial charge in [-0.2, -0.15) is 0 Å². The highest BCUT2D eigenvalue weighted by Gasteiger charge is 2.29. The van der Waals surface area contributed by atoms with Gasteiger partial charge in [-0.1, -0.05) is 0 Å². The Balaban J connectivity index is 1.62. The molecule has 122 valence electrons. The molecule has 22 heavy (non-hydrogen) atoms. The summed E-state index contributed by atoms with van der Waals surface area (Å²) in [6.45, 7) is 4.00. The molecule has 6 nitrogen and oxygen atoms in total. The first kappa shape index (κ1) is 15.5. The molecule has 1 aromatic rings. The lowest BCUT2D eigenvalue weighted by Gasteiger charge is -2.42. The molecule has 2 fully saturated rings. The molecule has 2 aliphatic heterocycles. The second-order valence-electron chi connectivity index (χ2n) is 6.61. The molecule has 1 N–H and O–H groups in total. The van der Waals surface area contributed by atoms with Crippen molar-refractivity contribution < 1.29 is 5.11 Å². The summed E-state index contributed by atoms with van der Waals surface area (Å²) in [5.41, 5.74) is 0. The Kier molecular flexibility index (Phi) is 4.78. The summed E-state index contributed by atoms with van der Waals surface area (Å²) in [6, 6.07) is 0.602. The highest BCUT2D eigenvalue weighted by Crippen LogP contribution is 2.28. The van der Waals surface area contributed by atoms with Crippen molar-refractivity contribution in [3.8, 4) is 0 Å². The van der Waals surface area contributed by atoms with Crippen molar-refractivity contribution in [2.45, 2.75) is 37.8 Å². The Hall–Kier alpha value is -1.40. The second kappa shape index (κ2) is 6.79. The van der Waals surface area contributed by atoms with Crippen molar-refractivity contribution in [1.29, 1.82) is 0 Å². The van der Waals surface area contributed by atoms with E-state index >= 15 is 0 Å². The molecule has 0 radical (unpaired) electrons. The monoisotopic (exact) mass is 305 g/mol. The Morgan fingerprint density at radius 2 is 1.82 bits per heavy atom. The van der Waals surface area contributed by atoms with E-state index in [0.29, 0.717) is 6.04 Å². The number of likely N-dealkylation sites (tertiary alicyclic amines) is 1. The van der Waals surface area contributed by atoms with Crippen LogP contribution in [0.4, 0.5) is 11.6 Å². The minimum Gasteiger partial charge on any atom is -0.392 e. The number of anilines is 2. The molecule has 2 saturated heterocycles. The number of aromatic nitrogens is 2. The number of β-amino-alcohol motifs (C(OH)–C–C–N with tert-alkyl or cyclic N) is 1. The standard InChI is InChI=1S/C16H27N5O/c1-19(2)15-16(18-8-7-17-15)20-10-5-13(6-11-20)21-9-3-4-14(22)12-21/h7-8,13-14,22H,3-6,9-12H2,1-2H3/t14-/m0/s1. The van der Waals surface area contributed by atoms with Gasteiger partial charge in [-0.15, -0.1) is 0 Å². The van der Waals surface area contributed by atoms with Gasteiger partial charge < -0.3 is 14.9 Å². The number of hydrogen-bond acceptors (Lipinski definition) is 6. The van der Waals surface area contributed by atoms with Crippen LogP contribution in [0.25, 0.3) is 0 Å². The minimum absolute atomic E-state index is 0.132. The first-order chi connectivity index (χ1) is 10.6. The lowest BCUT2D eigenvalue weighted by Crippen LogP contribution is -2.50. The molecular weight excluding hydrogens is 278 g/mol. The van der Waals surface area contributed by atoms with Gasteiger partial charge >= 0.3 is 0 Å². The zero-order valence-corrected chi connectivity index (χ0v) is 13.6. The number of nitrogens with zero attached hydrogens (tertiary/aromatic N) is 5. The Morgan fingerprint density at radius 3 is 2.50 bits per heavy atom. The van der Waals surface area contributed by atoms with Gasteiger partial charge in [0.1, 0.15) is 0 Å². The fraction of sp³-hybridized carbons (Fsp3) is 0.750. The summed E-state index contributed by atoms with van der Waals surface area (Å²) in [7, 11) is 4.02. The van der Waals surface area contributed by atoms with Crippen LogP contribution < -0.4 is 9.80 Å². The zero-order chi connectivity index (χ0) is 15.5. The van der Waals surface area contributed by atoms with E-state index in [1.165, 1.54) is 0 Å². The van der Waals surface area contributed by atoms with Crippen LogP contribution in [0.1, 0.15) is 25.7 Å². The normalized spacial score (nSPS) is 24.5. The largest absolute Gasteiger partial charge is 0.392 e. The van der Waals surface area contributed by atoms with E-state index in [1.54, 1.807) is 12.4 Å². The first-order valence-corrected chi connectivity index (χ1v) is 8.30. The molecule has 1 aromatic heterocycles. The fourth-order valence-corrected chi connectivity index (χ4v) is 3.62. The summed E-state index contributed by atoms with van der Waals surface area (Å²) in [6.07, 6.45) is 7.74. The van der Waals surface area contributed by atoms with E-state index < -0.39 is 0 Å². The van der Waals surface area contributed by atoms with Gasteiger partial charge in [0.25, 0.3) is 0 Å². The predicted molar refractivity (Wildman–Crippen MR) is 88.4 cm³/mol. The summed E-state index contributed by atoms with van der Waals surface area (Å²) in [5.74, 6) is 1.93. The van der Waals surface area contributed by atoms with E-state index in [1.807, 2.05) is 19.0 Å². The molecule has 0 amide bonds. The van der Waals surface area contributed by atoms with Crippen LogP contribution in [-0.2, 0) is 0 Å². The number of rotatable bonds is 3. The van der Waals surface area contributed by atoms with E-state index in [2.05, 4.69) is 19.8 Å². The van der Waals surface area contributed by atoms with Crippen LogP contribution >= 0.6 is 0 Å². The summed E-state index contributed by atoms with van der Waals surface area (Å²) in [5, 5.41) is 9.86. The molecule has 2 aliphatic rings. The van der Waals surface area contributed by atoms with Crippen molar-refractivity contribution in [3.05, 3.63) is 12.4 Å². The average molecular weight is 305 g/mol. The third kappa shape index (κ3) is 3.33. The van der Waals surface area contributed by atoms with Crippen LogP contribution in [0.2, 0.25) is 0 Å². The molecule has 6 heteroatoms. The van der Waals surface area contributed by atoms with Crippen molar-refractivity contribution in [3.63, 3.8) is 0 Å². The van der Waals surface area contributed by atoms with Gasteiger partial charge in [0.05, 0.1) is 6.10 Å². The minimum atomic E-state index is -0.132. The maximum Gasteiger partial charge on any atom is 0.171 e. The number of aliphatic hydroxyl groups is 1. The van der Waals surface area contributed by atoms with E-state index in [0.717, 1.165) is 63.5 Å². The van der Waals surface area contributed by atoms with Crippen molar-refractivity contribution in [1.82, 2.24) is 14.9 Å². The van der Waals surface area contributed by atoms with Crippen molar-refractivity contribution in [2.24, 2.45) is 0 Å². The molecule has 0 aromatic carbocycles. The van der Waals surface area contributed by atoms with Crippen LogP contribution in [0.3, 0.4) is 0 Å². The molecule has 0 bridgehead atoms. The van der Waals surface area contributed by atoms with Crippen molar-refractivity contribution in [2.75, 3.05) is 50.1 Å². The van der Waals surface area contributed by atoms with Gasteiger partial charge in [-0.3, -0.25) is 4.90 Å². The van der Waals surface area contributed by atoms with E-state index in [-0.39, 0.29) is 6.10 Å². The third-order valence-corrected chi connectivity index (χ3v) is 4.79. The summed E-state index contributed by atoms with van der Waals surface area (Å²) in [4.78, 5) is 15.8. The SMILES string of the molecule is CN(C)c1nccnc1N1CCC(N2CCC[C@H](O)C2)CC1. The molecule has 0 unspecified atom stereocenters. The van der Waals surface area contributed by atoms with Gasteiger partial charge in [0, 0.05) is 52.2 Å². The molecule has 3 heterocycles. The molecule has 0 aliphatic carbocycles. The fourth-order valence-electron chi connectivity index (χ4n) is 3.62. The van der Waals surface area contributed by atoms with Gasteiger partial charge in [-0.05, 0) is 32.2 Å². The van der Waals surface area contributed by atoms with Gasteiger partial charge in [0.15, 0.2) is 11.6 Å². The molecule has 3 rings (SSSR count). The van der Waals surface area contributed by atoms with Crippen LogP contribution in [0.5, 0.6) is 0 Å². The van der Waals surface area contributed by atoms with Crippen molar-refractivity contribution >= 4 is 11.6 Å². The Labute approximate surface area is 132 Å². The van der Waals surface area contributed by atoms with Gasteiger partial charge in [-0.25, -0.2) is 9.97 Å². The Bertz CT molecular complexity index is 487. The van der Waals surface area contributed by atoms with E-state index in [9.17, 15) is 5.11 Å². The van der Waals surface area contributed by atoms with E-state index in [4.69, 9.17) is 0 Å². The highest BCUT2D eigenvalue weighted by molar-refractivity contribution is 5.61. The summed E-state index contributed by atoms with van der Waals surface area (Å²) < 4.78 is 0. The third-order valence-electron chi connectivity index (χ3n) is 4.79. The molecular formula is C16H27N5O. The number of aliphatic hydroxyl groups excluding tert-OH is 1. The Morgan fingerprint density at radius 1 is 1.09 bits per heavy atom. The smallest absolute Gasteiger partial charge is 0.171 e. The predicted octanol–water partition coefficient (Wildman–Crippen LogP) is 0.968. The highest BCUT2D eigenvalue weighted by atomic mass is 16.3. The number of piperidine rings is 2. The molecule has 0 saturated carbocycles. The zero-order valence-electron chi connectivity index (χ0n) is 13.6. The maximum absolute atomic E-state index is 9.86.